The summed E-state index contributed by atoms with van der Waals surface area (Å²) >= 11 is 0. The molecule has 0 saturated carbocycles. The van der Waals surface area contributed by atoms with Gasteiger partial charge in [0.15, 0.2) is 6.39 Å². The fourth-order valence-electron chi connectivity index (χ4n) is 1.88. The largest absolute Gasteiger partial charge is 0.447 e. The van der Waals surface area contributed by atoms with Gasteiger partial charge in [0.2, 0.25) is 0 Å². The van der Waals surface area contributed by atoms with Gasteiger partial charge < -0.3 is 9.73 Å². The molecule has 0 unspecified atom stereocenters. The van der Waals surface area contributed by atoms with Crippen LogP contribution in [0.25, 0.3) is 0 Å². The van der Waals surface area contributed by atoms with E-state index in [1.54, 1.807) is 12.4 Å². The first-order valence-corrected chi connectivity index (χ1v) is 6.08. The molecule has 0 bridgehead atoms. The highest BCUT2D eigenvalue weighted by molar-refractivity contribution is 5.45. The summed E-state index contributed by atoms with van der Waals surface area (Å²) in [5.74, 6) is 0.817. The summed E-state index contributed by atoms with van der Waals surface area (Å²) < 4.78 is 7.08. The van der Waals surface area contributed by atoms with Gasteiger partial charge in [-0.05, 0) is 23.8 Å². The van der Waals surface area contributed by atoms with Gasteiger partial charge in [-0.3, -0.25) is 4.68 Å². The number of benzene rings is 1. The second kappa shape index (κ2) is 5.39. The van der Waals surface area contributed by atoms with Gasteiger partial charge >= 0.3 is 0 Å². The molecule has 19 heavy (non-hydrogen) atoms. The number of hydrogen-bond acceptors (Lipinski definition) is 4. The van der Waals surface area contributed by atoms with Crippen molar-refractivity contribution in [1.29, 1.82) is 0 Å². The van der Waals surface area contributed by atoms with Gasteiger partial charge in [-0.2, -0.15) is 5.10 Å². The Morgan fingerprint density at radius 3 is 3.05 bits per heavy atom. The molecule has 3 rings (SSSR count). The first-order valence-electron chi connectivity index (χ1n) is 6.08. The second-order valence-electron chi connectivity index (χ2n) is 4.23. The molecule has 0 amide bonds. The van der Waals surface area contributed by atoms with Crippen LogP contribution in [0.15, 0.2) is 59.7 Å². The zero-order chi connectivity index (χ0) is 12.9. The summed E-state index contributed by atoms with van der Waals surface area (Å²) in [4.78, 5) is 3.88. The number of aromatic nitrogens is 3. The molecule has 0 fully saturated rings. The summed E-state index contributed by atoms with van der Waals surface area (Å²) in [5.41, 5.74) is 2.26. The first kappa shape index (κ1) is 11.5. The second-order valence-corrected chi connectivity index (χ2v) is 4.23. The highest BCUT2D eigenvalue weighted by Crippen LogP contribution is 2.13. The maximum absolute atomic E-state index is 5.18. The standard InChI is InChI=1S/C14H14N4O/c1-3-12(10-18-6-2-5-17-18)7-13(4-1)16-9-14-8-15-11-19-14/h1-8,11,16H,9-10H2. The van der Waals surface area contributed by atoms with E-state index in [0.29, 0.717) is 6.54 Å². The Hall–Kier alpha value is -2.56. The quantitative estimate of drug-likeness (QED) is 0.760. The van der Waals surface area contributed by atoms with E-state index in [0.717, 1.165) is 18.0 Å². The molecule has 2 aromatic heterocycles. The van der Waals surface area contributed by atoms with Crippen LogP contribution in [-0.4, -0.2) is 14.8 Å². The predicted molar refractivity (Wildman–Crippen MR) is 71.6 cm³/mol. The minimum Gasteiger partial charge on any atom is -0.447 e. The van der Waals surface area contributed by atoms with Crippen LogP contribution in [0, 0.1) is 0 Å². The van der Waals surface area contributed by atoms with Gasteiger partial charge in [0, 0.05) is 18.1 Å². The summed E-state index contributed by atoms with van der Waals surface area (Å²) in [7, 11) is 0. The van der Waals surface area contributed by atoms with Gasteiger partial charge in [0.05, 0.1) is 19.3 Å². The lowest BCUT2D eigenvalue weighted by molar-refractivity contribution is 0.511. The van der Waals surface area contributed by atoms with E-state index >= 15 is 0 Å². The van der Waals surface area contributed by atoms with E-state index in [9.17, 15) is 0 Å². The normalized spacial score (nSPS) is 10.5. The van der Waals surface area contributed by atoms with E-state index in [4.69, 9.17) is 4.42 Å². The van der Waals surface area contributed by atoms with Gasteiger partial charge in [-0.25, -0.2) is 4.98 Å². The Bertz CT molecular complexity index is 617. The maximum Gasteiger partial charge on any atom is 0.180 e. The molecule has 2 heterocycles. The molecule has 0 saturated heterocycles. The van der Waals surface area contributed by atoms with E-state index in [1.165, 1.54) is 12.0 Å². The molecule has 0 aliphatic heterocycles. The molecular formula is C14H14N4O. The van der Waals surface area contributed by atoms with Crippen LogP contribution in [-0.2, 0) is 13.1 Å². The van der Waals surface area contributed by atoms with Gasteiger partial charge in [-0.1, -0.05) is 12.1 Å². The van der Waals surface area contributed by atoms with E-state index in [2.05, 4.69) is 27.5 Å². The van der Waals surface area contributed by atoms with Gasteiger partial charge in [-0.15, -0.1) is 0 Å². The van der Waals surface area contributed by atoms with Crippen molar-refractivity contribution in [2.45, 2.75) is 13.1 Å². The average molecular weight is 254 g/mol. The highest BCUT2D eigenvalue weighted by Gasteiger charge is 1.99. The number of nitrogens with one attached hydrogen (secondary N) is 1. The number of oxazole rings is 1. The molecule has 1 aromatic carbocycles. The Labute approximate surface area is 110 Å². The fourth-order valence-corrected chi connectivity index (χ4v) is 1.88. The van der Waals surface area contributed by atoms with Crippen molar-refractivity contribution in [1.82, 2.24) is 14.8 Å². The van der Waals surface area contributed by atoms with Crippen LogP contribution < -0.4 is 5.32 Å². The summed E-state index contributed by atoms with van der Waals surface area (Å²) in [6.07, 6.45) is 6.88. The van der Waals surface area contributed by atoms with Crippen molar-refractivity contribution in [3.63, 3.8) is 0 Å². The van der Waals surface area contributed by atoms with Crippen molar-refractivity contribution >= 4 is 5.69 Å². The fraction of sp³-hybridized carbons (Fsp3) is 0.143. The number of anilines is 1. The number of hydrogen-bond donors (Lipinski definition) is 1. The topological polar surface area (TPSA) is 55.9 Å². The predicted octanol–water partition coefficient (Wildman–Crippen LogP) is 2.53. The molecule has 0 spiro atoms. The number of nitrogens with zero attached hydrogens (tertiary/aromatic N) is 3. The van der Waals surface area contributed by atoms with Crippen molar-refractivity contribution in [3.8, 4) is 0 Å². The van der Waals surface area contributed by atoms with Crippen molar-refractivity contribution in [2.75, 3.05) is 5.32 Å². The van der Waals surface area contributed by atoms with Crippen molar-refractivity contribution < 1.29 is 4.42 Å². The smallest absolute Gasteiger partial charge is 0.180 e. The molecule has 0 aliphatic carbocycles. The molecule has 3 aromatic rings. The minimum atomic E-state index is 0.630. The molecule has 0 radical (unpaired) electrons. The zero-order valence-electron chi connectivity index (χ0n) is 10.4. The Balaban J connectivity index is 1.66. The van der Waals surface area contributed by atoms with E-state index < -0.39 is 0 Å². The third-order valence-corrected chi connectivity index (χ3v) is 2.78. The van der Waals surface area contributed by atoms with Crippen LogP contribution in [0.1, 0.15) is 11.3 Å². The third-order valence-electron chi connectivity index (χ3n) is 2.78. The van der Waals surface area contributed by atoms with Crippen molar-refractivity contribution in [3.05, 3.63) is 66.6 Å². The van der Waals surface area contributed by atoms with Crippen LogP contribution in [0.2, 0.25) is 0 Å². The van der Waals surface area contributed by atoms with Crippen LogP contribution >= 0.6 is 0 Å². The Morgan fingerprint density at radius 1 is 1.26 bits per heavy atom. The Kier molecular flexibility index (Phi) is 3.27. The minimum absolute atomic E-state index is 0.630. The molecule has 5 heteroatoms. The summed E-state index contributed by atoms with van der Waals surface area (Å²) in [5, 5.41) is 7.50. The molecule has 5 nitrogen and oxygen atoms in total. The number of rotatable bonds is 5. The SMILES string of the molecule is c1cc(Cn2cccn2)cc(NCc2cnco2)c1. The molecule has 0 aliphatic rings. The molecule has 96 valence electrons. The average Bonchev–Trinajstić information content (AvgIpc) is 3.10. The van der Waals surface area contributed by atoms with E-state index in [-0.39, 0.29) is 0 Å². The van der Waals surface area contributed by atoms with Gasteiger partial charge in [0.25, 0.3) is 0 Å². The lowest BCUT2D eigenvalue weighted by atomic mass is 10.2. The first-order chi connectivity index (χ1) is 9.40. The third kappa shape index (κ3) is 3.01. The van der Waals surface area contributed by atoms with E-state index in [1.807, 2.05) is 29.1 Å². The zero-order valence-corrected chi connectivity index (χ0v) is 10.4. The lowest BCUT2D eigenvalue weighted by Crippen LogP contribution is -2.02. The Morgan fingerprint density at radius 2 is 2.26 bits per heavy atom. The summed E-state index contributed by atoms with van der Waals surface area (Å²) in [6, 6.07) is 10.2. The van der Waals surface area contributed by atoms with Crippen LogP contribution in [0.5, 0.6) is 0 Å². The van der Waals surface area contributed by atoms with Gasteiger partial charge in [0.1, 0.15) is 5.76 Å². The molecule has 1 N–H and O–H groups in total. The monoisotopic (exact) mass is 254 g/mol. The van der Waals surface area contributed by atoms with Crippen LogP contribution in [0.4, 0.5) is 5.69 Å². The molecule has 0 atom stereocenters. The summed E-state index contributed by atoms with van der Waals surface area (Å²) in [6.45, 7) is 1.40. The van der Waals surface area contributed by atoms with Crippen LogP contribution in [0.3, 0.4) is 0 Å². The molecular weight excluding hydrogens is 240 g/mol. The van der Waals surface area contributed by atoms with Crippen molar-refractivity contribution in [2.24, 2.45) is 0 Å². The lowest BCUT2D eigenvalue weighted by Gasteiger charge is -2.07. The maximum atomic E-state index is 5.18. The highest BCUT2D eigenvalue weighted by atomic mass is 16.3.